The Morgan fingerprint density at radius 2 is 1.00 bits per heavy atom. The fourth-order valence-electron chi connectivity index (χ4n) is 20.3. The fraction of sp³-hybridized carbons (Fsp3) is 0.896. The highest BCUT2D eigenvalue weighted by Crippen LogP contribution is 2.76. The fourth-order valence-corrected chi connectivity index (χ4v) is 20.3. The Hall–Kier alpha value is -4.36. The molecule has 14 N–H and O–H groups in total. The summed E-state index contributed by atoms with van der Waals surface area (Å²) in [4.78, 5) is 81.2. The molecule has 5 aliphatic heterocycles. The molecule has 0 spiro atoms. The normalized spacial score (nSPS) is 47.0. The van der Waals surface area contributed by atoms with Crippen molar-refractivity contribution in [3.63, 3.8) is 0 Å². The first-order valence-electron chi connectivity index (χ1n) is 39.3. The monoisotopic (exact) mass is 1610 g/mol. The van der Waals surface area contributed by atoms with E-state index >= 15 is 4.79 Å². The number of allylic oxidation sites excluding steroid dienone is 2. The van der Waals surface area contributed by atoms with Gasteiger partial charge in [-0.2, -0.15) is 0 Å². The largest absolute Gasteiger partial charge is 0.462 e. The van der Waals surface area contributed by atoms with E-state index in [-0.39, 0.29) is 43.9 Å². The van der Waals surface area contributed by atoms with Gasteiger partial charge in [0, 0.05) is 12.3 Å². The minimum Gasteiger partial charge on any atom is -0.462 e. The first-order valence-corrected chi connectivity index (χ1v) is 39.3. The van der Waals surface area contributed by atoms with E-state index in [2.05, 4.69) is 40.7 Å². The number of ether oxygens (including phenoxy) is 15. The van der Waals surface area contributed by atoms with Crippen molar-refractivity contribution >= 4 is 35.8 Å². The molecule has 640 valence electrons. The number of hydrogen-bond donors (Lipinski definition) is 14. The summed E-state index contributed by atoms with van der Waals surface area (Å²) in [6, 6.07) is 0. The molecule has 35 heteroatoms. The summed E-state index contributed by atoms with van der Waals surface area (Å²) in [6.07, 6.45) is -45.0. The molecule has 35 nitrogen and oxygen atoms in total. The molecule has 4 saturated carbocycles. The summed E-state index contributed by atoms with van der Waals surface area (Å²) in [6.45, 7) is 23.7. The molecule has 0 aromatic carbocycles. The van der Waals surface area contributed by atoms with E-state index in [1.54, 1.807) is 0 Å². The van der Waals surface area contributed by atoms with Crippen LogP contribution in [0.5, 0.6) is 0 Å². The molecule has 5 heterocycles. The third-order valence-corrected chi connectivity index (χ3v) is 26.4. The number of rotatable bonds is 24. The number of fused-ring (bicyclic) bond motifs is 7. The zero-order valence-electron chi connectivity index (χ0n) is 66.4. The minimum atomic E-state index is -2.09. The average Bonchev–Trinajstić information content (AvgIpc) is 0.668. The number of carbonyl (C=O) groups is 6. The van der Waals surface area contributed by atoms with Gasteiger partial charge in [-0.05, 0) is 146 Å². The van der Waals surface area contributed by atoms with Crippen LogP contribution in [0.3, 0.4) is 0 Å². The molecule has 9 fully saturated rings. The van der Waals surface area contributed by atoms with Crippen molar-refractivity contribution < 1.29 is 171 Å². The maximum atomic E-state index is 16.2. The molecule has 0 radical (unpaired) electrons. The second-order valence-electron chi connectivity index (χ2n) is 35.3. The van der Waals surface area contributed by atoms with E-state index < -0.39 is 290 Å². The van der Waals surface area contributed by atoms with Crippen LogP contribution in [0.4, 0.5) is 0 Å². The highest BCUT2D eigenvalue weighted by molar-refractivity contribution is 5.80. The molecule has 0 bridgehead atoms. The van der Waals surface area contributed by atoms with Crippen molar-refractivity contribution in [1.82, 2.24) is 0 Å². The summed E-state index contributed by atoms with van der Waals surface area (Å²) in [5, 5.41) is 158. The van der Waals surface area contributed by atoms with Crippen LogP contribution in [0.15, 0.2) is 11.6 Å². The lowest BCUT2D eigenvalue weighted by Gasteiger charge is -2.72. The molecule has 10 aliphatic rings. The second-order valence-corrected chi connectivity index (χ2v) is 35.3. The Morgan fingerprint density at radius 1 is 0.491 bits per heavy atom. The van der Waals surface area contributed by atoms with Gasteiger partial charge in [-0.3, -0.25) is 28.8 Å². The van der Waals surface area contributed by atoms with E-state index in [1.165, 1.54) is 55.4 Å². The molecular weight excluding hydrogens is 1480 g/mol. The van der Waals surface area contributed by atoms with E-state index in [9.17, 15) is 95.5 Å². The molecule has 112 heavy (non-hydrogen) atoms. The highest BCUT2D eigenvalue weighted by atomic mass is 16.8. The summed E-state index contributed by atoms with van der Waals surface area (Å²) in [5.74, 6) is -6.70. The third kappa shape index (κ3) is 17.7. The molecule has 0 aromatic rings. The van der Waals surface area contributed by atoms with Crippen LogP contribution >= 0.6 is 0 Å². The highest BCUT2D eigenvalue weighted by Gasteiger charge is 2.74. The smallest absolute Gasteiger partial charge is 0.317 e. The van der Waals surface area contributed by atoms with Crippen molar-refractivity contribution in [2.45, 2.75) is 371 Å². The van der Waals surface area contributed by atoms with Crippen molar-refractivity contribution in [1.29, 1.82) is 0 Å². The Morgan fingerprint density at radius 3 is 1.56 bits per heavy atom. The van der Waals surface area contributed by atoms with Crippen LogP contribution in [-0.2, 0) is 99.8 Å². The maximum absolute atomic E-state index is 16.2. The first-order chi connectivity index (χ1) is 52.2. The lowest BCUT2D eigenvalue weighted by molar-refractivity contribution is -0.380. The molecule has 39 unspecified atom stereocenters. The topological polar surface area (TPSA) is 524 Å². The first kappa shape index (κ1) is 90.0. The lowest BCUT2D eigenvalue weighted by Crippen LogP contribution is -2.70. The molecule has 5 saturated heterocycles. The summed E-state index contributed by atoms with van der Waals surface area (Å²) in [5.41, 5.74) is -4.57. The molecule has 10 rings (SSSR count). The van der Waals surface area contributed by atoms with E-state index in [0.29, 0.717) is 32.1 Å². The van der Waals surface area contributed by atoms with Crippen LogP contribution in [0.1, 0.15) is 181 Å². The summed E-state index contributed by atoms with van der Waals surface area (Å²) in [7, 11) is 0. The zero-order valence-corrected chi connectivity index (χ0v) is 66.4. The van der Waals surface area contributed by atoms with Gasteiger partial charge in [-0.25, -0.2) is 0 Å². The van der Waals surface area contributed by atoms with E-state index in [0.717, 1.165) is 12.5 Å². The van der Waals surface area contributed by atoms with Crippen LogP contribution < -0.4 is 0 Å². The van der Waals surface area contributed by atoms with Gasteiger partial charge < -0.3 is 143 Å². The quantitative estimate of drug-likeness (QED) is 0.0246. The van der Waals surface area contributed by atoms with Gasteiger partial charge in [-0.15, -0.1) is 0 Å². The number of carbonyl (C=O) groups excluding carboxylic acids is 6. The summed E-state index contributed by atoms with van der Waals surface area (Å²) >= 11 is 0. The maximum Gasteiger partial charge on any atom is 0.317 e. The van der Waals surface area contributed by atoms with Gasteiger partial charge in [0.05, 0.1) is 87.7 Å². The molecule has 0 aromatic heterocycles. The Bertz CT molecular complexity index is 3320. The molecule has 0 amide bonds. The molecule has 5 aliphatic carbocycles. The Labute approximate surface area is 651 Å². The standard InChI is InChI=1S/C77H122O35/c1-31(79)22-47(84)99-32(2)23-48(85)100-33(3)24-49(86)101-34(4)25-50(87)107-60-37(7)105-70(64(57(60)94)110-69-63(106-39(9)80)58(95)61(38(8)104-69)108-66-59(96)62(43(82)29-98-66)109-67-55(92)53(90)51(88)35(5)102-67)112-71(97)77-21-20-72(10,11)26-41(77)40-16-17-45-73(12)27-42(81)65(111-68-56(93)54(91)52(89)36(6)103-68)74(13,30-78)44(73)18-19-75(45,14)76(40,15)28-46(77)83/h16,31-38,41-46,51-70,78-79,81-83,88-96H,17-30H2,1-15H3. The van der Waals surface area contributed by atoms with Crippen LogP contribution in [0, 0.1) is 50.2 Å². The van der Waals surface area contributed by atoms with Crippen molar-refractivity contribution in [3.05, 3.63) is 11.6 Å². The number of hydrogen-bond acceptors (Lipinski definition) is 35. The zero-order chi connectivity index (χ0) is 82.9. The number of esters is 6. The summed E-state index contributed by atoms with van der Waals surface area (Å²) < 4.78 is 88.9. The minimum absolute atomic E-state index is 0.0326. The van der Waals surface area contributed by atoms with Gasteiger partial charge in [-0.1, -0.05) is 53.2 Å². The van der Waals surface area contributed by atoms with E-state index in [1.807, 2.05) is 6.92 Å². The Kier molecular flexibility index (Phi) is 28.0. The number of aliphatic hydroxyl groups excluding tert-OH is 14. The number of aliphatic hydroxyl groups is 14. The van der Waals surface area contributed by atoms with Crippen molar-refractivity contribution in [2.24, 2.45) is 50.2 Å². The average molecular weight is 1610 g/mol. The van der Waals surface area contributed by atoms with Gasteiger partial charge in [0.2, 0.25) is 6.29 Å². The molecular formula is C77H122O35. The van der Waals surface area contributed by atoms with Gasteiger partial charge in [0.15, 0.2) is 43.5 Å². The van der Waals surface area contributed by atoms with Crippen LogP contribution in [0.25, 0.3) is 0 Å². The predicted octanol–water partition coefficient (Wildman–Crippen LogP) is -0.690. The van der Waals surface area contributed by atoms with E-state index in [4.69, 9.17) is 71.1 Å². The van der Waals surface area contributed by atoms with Gasteiger partial charge >= 0.3 is 35.8 Å². The second kappa shape index (κ2) is 34.9. The predicted molar refractivity (Wildman–Crippen MR) is 378 cm³/mol. The van der Waals surface area contributed by atoms with Gasteiger partial charge in [0.1, 0.15) is 97.0 Å². The van der Waals surface area contributed by atoms with Crippen LogP contribution in [0.2, 0.25) is 0 Å². The molecule has 39 atom stereocenters. The SMILES string of the molecule is CC(=O)OC1C(OC2C(OC(=O)C34CCC(C)(C)CC3C3=CCC5C6(C)CC(O)C(OC7OC(C)C(O)C(O)C7O)C(C)(CO)C6CCC5(C)C3(C)CC4O)OC(C)C(OC(=O)CC(C)OC(=O)CC(C)OC(=O)CC(C)OC(=O)CC(C)O)C2O)OC(C)C(OC2OCC(O)C(OC3OC(C)C(O)C(O)C3O)C2O)C1O. The van der Waals surface area contributed by atoms with Crippen molar-refractivity contribution in [2.75, 3.05) is 13.2 Å². The van der Waals surface area contributed by atoms with Crippen molar-refractivity contribution in [3.8, 4) is 0 Å². The Balaban J connectivity index is 0.907. The lowest BCUT2D eigenvalue weighted by atomic mass is 9.33. The van der Waals surface area contributed by atoms with Gasteiger partial charge in [0.25, 0.3) is 0 Å². The van der Waals surface area contributed by atoms with Crippen LogP contribution in [-0.4, -0.2) is 311 Å². The third-order valence-electron chi connectivity index (χ3n) is 26.4.